The highest BCUT2D eigenvalue weighted by Gasteiger charge is 2.22. The third-order valence-electron chi connectivity index (χ3n) is 5.92. The van der Waals surface area contributed by atoms with E-state index in [1.165, 1.54) is 24.4 Å². The molecule has 0 bridgehead atoms. The van der Waals surface area contributed by atoms with E-state index < -0.39 is 5.82 Å². The number of pyridine rings is 1. The van der Waals surface area contributed by atoms with Crippen LogP contribution in [0.4, 0.5) is 32.1 Å². The number of fused-ring (bicyclic) bond motifs is 1. The number of nitriles is 1. The minimum atomic E-state index is -0.548. The number of ether oxygens (including phenoxy) is 1. The number of hydrogen-bond donors (Lipinski definition) is 1. The molecule has 1 amide bonds. The van der Waals surface area contributed by atoms with Crippen LogP contribution < -0.4 is 10.2 Å². The molecule has 0 atom stereocenters. The zero-order valence-electron chi connectivity index (χ0n) is 19.5. The predicted molar refractivity (Wildman–Crippen MR) is 137 cm³/mol. The molecule has 0 saturated carbocycles. The van der Waals surface area contributed by atoms with Gasteiger partial charge in [0.2, 0.25) is 0 Å². The van der Waals surface area contributed by atoms with Gasteiger partial charge in [-0.25, -0.2) is 13.9 Å². The molecule has 0 unspecified atom stereocenters. The van der Waals surface area contributed by atoms with Crippen molar-refractivity contribution in [2.75, 3.05) is 37.0 Å². The summed E-state index contributed by atoms with van der Waals surface area (Å²) in [4.78, 5) is 19.4. The lowest BCUT2D eigenvalue weighted by Crippen LogP contribution is -2.28. The van der Waals surface area contributed by atoms with Gasteiger partial charge in [0.25, 0.3) is 0 Å². The van der Waals surface area contributed by atoms with Crippen LogP contribution in [0.3, 0.4) is 0 Å². The van der Waals surface area contributed by atoms with Crippen molar-refractivity contribution in [2.45, 2.75) is 6.54 Å². The average Bonchev–Trinajstić information content (AvgIpc) is 3.53. The summed E-state index contributed by atoms with van der Waals surface area (Å²) in [5, 5.41) is 22.1. The summed E-state index contributed by atoms with van der Waals surface area (Å²) in [6.45, 7) is 1.85. The number of cyclic esters (lactones) is 1. The summed E-state index contributed by atoms with van der Waals surface area (Å²) >= 11 is 12.5. The molecule has 37 heavy (non-hydrogen) atoms. The lowest BCUT2D eigenvalue weighted by Gasteiger charge is -2.19. The van der Waals surface area contributed by atoms with Crippen LogP contribution in [0.1, 0.15) is 5.56 Å². The van der Waals surface area contributed by atoms with Crippen molar-refractivity contribution in [3.05, 3.63) is 64.2 Å². The molecule has 0 spiro atoms. The molecular formula is C24H19Cl2FN8O2. The molecule has 188 valence electrons. The van der Waals surface area contributed by atoms with Crippen LogP contribution in [-0.4, -0.2) is 57.7 Å². The summed E-state index contributed by atoms with van der Waals surface area (Å²) in [5.41, 5.74) is 2.37. The van der Waals surface area contributed by atoms with E-state index in [-0.39, 0.29) is 16.7 Å². The molecule has 1 aliphatic rings. The van der Waals surface area contributed by atoms with Gasteiger partial charge in [0.1, 0.15) is 18.5 Å². The quantitative estimate of drug-likeness (QED) is 0.344. The molecule has 3 heterocycles. The second-order valence-corrected chi connectivity index (χ2v) is 9.05. The van der Waals surface area contributed by atoms with E-state index in [1.54, 1.807) is 33.8 Å². The number of nitrogens with zero attached hydrogens (tertiary/aromatic N) is 7. The monoisotopic (exact) mass is 540 g/mol. The van der Waals surface area contributed by atoms with E-state index in [4.69, 9.17) is 27.9 Å². The van der Waals surface area contributed by atoms with Crippen molar-refractivity contribution in [1.82, 2.24) is 24.9 Å². The van der Waals surface area contributed by atoms with Gasteiger partial charge in [0.05, 0.1) is 46.1 Å². The molecule has 4 aromatic rings. The van der Waals surface area contributed by atoms with E-state index in [1.807, 2.05) is 6.07 Å². The lowest BCUT2D eigenvalue weighted by molar-refractivity contribution is 0.157. The van der Waals surface area contributed by atoms with E-state index in [0.717, 1.165) is 0 Å². The van der Waals surface area contributed by atoms with Gasteiger partial charge in [-0.1, -0.05) is 28.4 Å². The van der Waals surface area contributed by atoms with E-state index >= 15 is 0 Å². The molecule has 2 aromatic heterocycles. The first-order chi connectivity index (χ1) is 17.8. The number of nitrogens with one attached hydrogen (secondary N) is 1. The standard InChI is InChI=1S/C24H19Cl2FN8O2/c1-33(21-13-35(32-31-21)5-4-34-6-7-37-24(34)36)16-9-17-22(30-15-2-3-20(27)18(25)8-15)14(11-28)12-29-23(17)19(26)10-16/h2-3,8-10,12-13H,4-7H2,1H3,(H,29,30). The Bertz CT molecular complexity index is 1550. The molecule has 10 nitrogen and oxygen atoms in total. The van der Waals surface area contributed by atoms with Crippen molar-refractivity contribution >= 4 is 63.1 Å². The van der Waals surface area contributed by atoms with Gasteiger partial charge in [-0.15, -0.1) is 5.10 Å². The van der Waals surface area contributed by atoms with Crippen molar-refractivity contribution in [2.24, 2.45) is 0 Å². The van der Waals surface area contributed by atoms with Crippen LogP contribution in [0.15, 0.2) is 42.7 Å². The number of benzene rings is 2. The Morgan fingerprint density at radius 3 is 2.81 bits per heavy atom. The lowest BCUT2D eigenvalue weighted by atomic mass is 10.1. The Morgan fingerprint density at radius 2 is 2.08 bits per heavy atom. The van der Waals surface area contributed by atoms with Crippen LogP contribution in [0, 0.1) is 17.1 Å². The first-order valence-corrected chi connectivity index (χ1v) is 11.9. The first-order valence-electron chi connectivity index (χ1n) is 11.1. The van der Waals surface area contributed by atoms with Gasteiger partial charge in [-0.05, 0) is 30.3 Å². The molecule has 0 radical (unpaired) electrons. The fourth-order valence-corrected chi connectivity index (χ4v) is 4.35. The number of halogens is 3. The number of rotatable bonds is 7. The summed E-state index contributed by atoms with van der Waals surface area (Å²) in [5.74, 6) is -0.00341. The predicted octanol–water partition coefficient (Wildman–Crippen LogP) is 5.11. The first kappa shape index (κ1) is 24.5. The number of aromatic nitrogens is 4. The minimum Gasteiger partial charge on any atom is -0.448 e. The summed E-state index contributed by atoms with van der Waals surface area (Å²) < 4.78 is 20.2. The third-order valence-corrected chi connectivity index (χ3v) is 6.50. The van der Waals surface area contributed by atoms with Crippen LogP contribution >= 0.6 is 23.2 Å². The van der Waals surface area contributed by atoms with E-state index in [0.29, 0.717) is 65.0 Å². The normalized spacial score (nSPS) is 13.1. The molecule has 5 rings (SSSR count). The van der Waals surface area contributed by atoms with Gasteiger partial charge in [-0.2, -0.15) is 5.26 Å². The van der Waals surface area contributed by atoms with E-state index in [9.17, 15) is 14.4 Å². The van der Waals surface area contributed by atoms with E-state index in [2.05, 4.69) is 26.7 Å². The summed E-state index contributed by atoms with van der Waals surface area (Å²) in [7, 11) is 1.80. The molecule has 1 aliphatic heterocycles. The molecule has 13 heteroatoms. The Hall–Kier alpha value is -4.14. The van der Waals surface area contributed by atoms with Crippen LogP contribution in [0.2, 0.25) is 10.0 Å². The fourth-order valence-electron chi connectivity index (χ4n) is 3.91. The zero-order chi connectivity index (χ0) is 26.1. The van der Waals surface area contributed by atoms with Crippen molar-refractivity contribution in [3.8, 4) is 6.07 Å². The number of carbonyl (C=O) groups is 1. The second-order valence-electron chi connectivity index (χ2n) is 8.24. The molecule has 2 aromatic carbocycles. The number of carbonyl (C=O) groups excluding carboxylic acids is 1. The zero-order valence-corrected chi connectivity index (χ0v) is 21.0. The highest BCUT2D eigenvalue weighted by atomic mass is 35.5. The van der Waals surface area contributed by atoms with Crippen molar-refractivity contribution in [1.29, 1.82) is 5.26 Å². The van der Waals surface area contributed by atoms with Crippen LogP contribution in [0.5, 0.6) is 0 Å². The van der Waals surface area contributed by atoms with Crippen molar-refractivity contribution < 1.29 is 13.9 Å². The minimum absolute atomic E-state index is 0.0509. The van der Waals surface area contributed by atoms with Gasteiger partial charge >= 0.3 is 6.09 Å². The fraction of sp³-hybridized carbons (Fsp3) is 0.208. The average molecular weight is 541 g/mol. The maximum atomic E-state index is 13.7. The SMILES string of the molecule is CN(c1cc(Cl)c2ncc(C#N)c(Nc3ccc(F)c(Cl)c3)c2c1)c1cn(CCN2CCOC2=O)nn1. The summed E-state index contributed by atoms with van der Waals surface area (Å²) in [6, 6.07) is 9.88. The molecule has 1 N–H and O–H groups in total. The largest absolute Gasteiger partial charge is 0.448 e. The molecule has 1 saturated heterocycles. The highest BCUT2D eigenvalue weighted by molar-refractivity contribution is 6.36. The second kappa shape index (κ2) is 10.1. The number of anilines is 4. The summed E-state index contributed by atoms with van der Waals surface area (Å²) in [6.07, 6.45) is 2.84. The Morgan fingerprint density at radius 1 is 1.24 bits per heavy atom. The van der Waals surface area contributed by atoms with Gasteiger partial charge < -0.3 is 19.9 Å². The molecule has 0 aliphatic carbocycles. The van der Waals surface area contributed by atoms with Crippen LogP contribution in [0.25, 0.3) is 10.9 Å². The number of hydrogen-bond acceptors (Lipinski definition) is 8. The Balaban J connectivity index is 1.46. The van der Waals surface area contributed by atoms with Gasteiger partial charge in [0.15, 0.2) is 5.82 Å². The third kappa shape index (κ3) is 4.94. The molecular weight excluding hydrogens is 522 g/mol. The number of amides is 1. The van der Waals surface area contributed by atoms with Crippen LogP contribution in [-0.2, 0) is 11.3 Å². The van der Waals surface area contributed by atoms with Crippen molar-refractivity contribution in [3.63, 3.8) is 0 Å². The smallest absolute Gasteiger partial charge is 0.410 e. The Labute approximate surface area is 220 Å². The maximum absolute atomic E-state index is 13.7. The maximum Gasteiger partial charge on any atom is 0.410 e. The Kier molecular flexibility index (Phi) is 6.69. The highest BCUT2D eigenvalue weighted by Crippen LogP contribution is 2.37. The van der Waals surface area contributed by atoms with Gasteiger partial charge in [0, 0.05) is 36.6 Å². The topological polar surface area (TPSA) is 112 Å². The molecule has 1 fully saturated rings. The van der Waals surface area contributed by atoms with Gasteiger partial charge in [-0.3, -0.25) is 4.98 Å².